The number of amides is 1. The molecule has 0 heterocycles. The highest BCUT2D eigenvalue weighted by Crippen LogP contribution is 2.35. The Hall–Kier alpha value is -2.07. The number of rotatable bonds is 5. The topological polar surface area (TPSA) is 41.1 Å². The molecule has 120 valence electrons. The van der Waals surface area contributed by atoms with Crippen molar-refractivity contribution in [3.63, 3.8) is 0 Å². The molecule has 2 N–H and O–H groups in total. The fraction of sp³-hybridized carbons (Fsp3) is 0.278. The van der Waals surface area contributed by atoms with E-state index in [0.717, 1.165) is 24.1 Å². The molecule has 3 rings (SSSR count). The highest BCUT2D eigenvalue weighted by atomic mass is 35.5. The van der Waals surface area contributed by atoms with Crippen LogP contribution in [-0.2, 0) is 11.2 Å². The summed E-state index contributed by atoms with van der Waals surface area (Å²) in [6, 6.07) is 11.4. The van der Waals surface area contributed by atoms with Gasteiger partial charge >= 0.3 is 0 Å². The average molecular weight is 333 g/mol. The minimum atomic E-state index is -0.591. The Morgan fingerprint density at radius 1 is 1.26 bits per heavy atom. The monoisotopic (exact) mass is 332 g/mol. The zero-order valence-corrected chi connectivity index (χ0v) is 13.6. The van der Waals surface area contributed by atoms with Crippen LogP contribution in [0.4, 0.5) is 15.8 Å². The molecular formula is C18H18ClFN2O. The van der Waals surface area contributed by atoms with E-state index in [1.807, 2.05) is 30.3 Å². The number of hydrogen-bond donors (Lipinski definition) is 2. The number of carbonyl (C=O) groups is 1. The third-order valence-electron chi connectivity index (χ3n) is 3.87. The van der Waals surface area contributed by atoms with Crippen molar-refractivity contribution in [3.8, 4) is 0 Å². The van der Waals surface area contributed by atoms with Gasteiger partial charge in [-0.1, -0.05) is 41.9 Å². The molecule has 0 atom stereocenters. The van der Waals surface area contributed by atoms with Crippen molar-refractivity contribution in [2.45, 2.75) is 32.2 Å². The Balaban J connectivity index is 1.78. The van der Waals surface area contributed by atoms with Crippen molar-refractivity contribution >= 4 is 28.9 Å². The minimum absolute atomic E-state index is 0.0469. The van der Waals surface area contributed by atoms with Crippen molar-refractivity contribution in [2.75, 3.05) is 10.6 Å². The number of halogens is 2. The third kappa shape index (κ3) is 3.82. The number of hydrogen-bond acceptors (Lipinski definition) is 2. The summed E-state index contributed by atoms with van der Waals surface area (Å²) < 4.78 is 14.3. The van der Waals surface area contributed by atoms with Crippen LogP contribution in [0.25, 0.3) is 0 Å². The molecule has 1 aliphatic carbocycles. The number of anilines is 2. The van der Waals surface area contributed by atoms with Gasteiger partial charge in [0.1, 0.15) is 0 Å². The zero-order valence-electron chi connectivity index (χ0n) is 12.8. The lowest BCUT2D eigenvalue weighted by Gasteiger charge is -2.15. The number of benzene rings is 2. The van der Waals surface area contributed by atoms with E-state index in [2.05, 4.69) is 10.6 Å². The molecule has 0 radical (unpaired) electrons. The van der Waals surface area contributed by atoms with Crippen LogP contribution in [0.15, 0.2) is 36.4 Å². The van der Waals surface area contributed by atoms with Gasteiger partial charge in [0.15, 0.2) is 5.82 Å². The van der Waals surface area contributed by atoms with Crippen LogP contribution in [0.5, 0.6) is 0 Å². The first-order valence-corrected chi connectivity index (χ1v) is 8.01. The molecule has 0 unspecified atom stereocenters. The van der Waals surface area contributed by atoms with Gasteiger partial charge in [-0.15, -0.1) is 0 Å². The molecule has 0 spiro atoms. The quantitative estimate of drug-likeness (QED) is 0.843. The molecule has 0 aliphatic heterocycles. The Morgan fingerprint density at radius 3 is 2.61 bits per heavy atom. The van der Waals surface area contributed by atoms with Crippen LogP contribution in [0.3, 0.4) is 0 Å². The molecule has 1 amide bonds. The SMILES string of the molecule is Cc1c(NC2CC2)cc(NC(=O)Cc2ccccc2)c(F)c1Cl. The highest BCUT2D eigenvalue weighted by Gasteiger charge is 2.23. The highest BCUT2D eigenvalue weighted by molar-refractivity contribution is 6.32. The van der Waals surface area contributed by atoms with Crippen molar-refractivity contribution in [1.29, 1.82) is 0 Å². The Morgan fingerprint density at radius 2 is 1.96 bits per heavy atom. The average Bonchev–Trinajstić information content (AvgIpc) is 3.35. The summed E-state index contributed by atoms with van der Waals surface area (Å²) in [5, 5.41) is 5.98. The fourth-order valence-electron chi connectivity index (χ4n) is 2.38. The van der Waals surface area contributed by atoms with Crippen LogP contribution in [0.2, 0.25) is 5.02 Å². The van der Waals surface area contributed by atoms with Crippen LogP contribution in [0, 0.1) is 12.7 Å². The van der Waals surface area contributed by atoms with E-state index in [1.165, 1.54) is 0 Å². The summed E-state index contributed by atoms with van der Waals surface area (Å²) in [5.74, 6) is -0.862. The fourth-order valence-corrected chi connectivity index (χ4v) is 2.58. The number of carbonyl (C=O) groups excluding carboxylic acids is 1. The number of nitrogens with one attached hydrogen (secondary N) is 2. The molecule has 1 fully saturated rings. The van der Waals surface area contributed by atoms with Gasteiger partial charge < -0.3 is 10.6 Å². The van der Waals surface area contributed by atoms with Gasteiger partial charge in [-0.25, -0.2) is 4.39 Å². The lowest BCUT2D eigenvalue weighted by Crippen LogP contribution is -2.16. The lowest BCUT2D eigenvalue weighted by atomic mass is 10.1. The summed E-state index contributed by atoms with van der Waals surface area (Å²) in [4.78, 5) is 12.1. The molecule has 3 nitrogen and oxygen atoms in total. The summed E-state index contributed by atoms with van der Waals surface area (Å²) in [7, 11) is 0. The first kappa shape index (κ1) is 15.8. The Labute approximate surface area is 139 Å². The van der Waals surface area contributed by atoms with E-state index in [0.29, 0.717) is 11.6 Å². The maximum atomic E-state index is 14.3. The largest absolute Gasteiger partial charge is 0.382 e. The van der Waals surface area contributed by atoms with Crippen LogP contribution in [0.1, 0.15) is 24.0 Å². The Kier molecular flexibility index (Phi) is 4.53. The summed E-state index contributed by atoms with van der Waals surface area (Å²) in [5.41, 5.74) is 2.43. The molecule has 0 aromatic heterocycles. The van der Waals surface area contributed by atoms with E-state index in [1.54, 1.807) is 13.0 Å². The molecule has 1 aliphatic rings. The molecule has 0 bridgehead atoms. The van der Waals surface area contributed by atoms with Crippen molar-refractivity contribution in [2.24, 2.45) is 0 Å². The smallest absolute Gasteiger partial charge is 0.228 e. The minimum Gasteiger partial charge on any atom is -0.382 e. The van der Waals surface area contributed by atoms with E-state index >= 15 is 0 Å². The van der Waals surface area contributed by atoms with E-state index in [4.69, 9.17) is 11.6 Å². The van der Waals surface area contributed by atoms with Crippen LogP contribution in [-0.4, -0.2) is 11.9 Å². The molecule has 5 heteroatoms. The Bertz CT molecular complexity index is 730. The van der Waals surface area contributed by atoms with Gasteiger partial charge in [-0.05, 0) is 37.0 Å². The first-order valence-electron chi connectivity index (χ1n) is 7.63. The molecule has 0 saturated heterocycles. The van der Waals surface area contributed by atoms with Gasteiger partial charge in [0, 0.05) is 11.7 Å². The summed E-state index contributed by atoms with van der Waals surface area (Å²) >= 11 is 6.07. The predicted molar refractivity (Wildman–Crippen MR) is 91.6 cm³/mol. The van der Waals surface area contributed by atoms with Gasteiger partial charge in [0.25, 0.3) is 0 Å². The van der Waals surface area contributed by atoms with Crippen LogP contribution < -0.4 is 10.6 Å². The van der Waals surface area contributed by atoms with E-state index < -0.39 is 5.82 Å². The van der Waals surface area contributed by atoms with Gasteiger partial charge in [0.05, 0.1) is 17.1 Å². The molecule has 2 aromatic rings. The third-order valence-corrected chi connectivity index (χ3v) is 4.32. The second kappa shape index (κ2) is 6.59. The summed E-state index contributed by atoms with van der Waals surface area (Å²) in [6.45, 7) is 1.77. The molecule has 23 heavy (non-hydrogen) atoms. The van der Waals surface area contributed by atoms with Gasteiger partial charge in [-0.2, -0.15) is 0 Å². The second-order valence-electron chi connectivity index (χ2n) is 5.85. The maximum Gasteiger partial charge on any atom is 0.228 e. The first-order chi connectivity index (χ1) is 11.0. The van der Waals surface area contributed by atoms with Crippen LogP contribution >= 0.6 is 11.6 Å². The molecule has 2 aromatic carbocycles. The normalized spacial score (nSPS) is 13.7. The van der Waals surface area contributed by atoms with Gasteiger partial charge in [-0.3, -0.25) is 4.79 Å². The molecule has 1 saturated carbocycles. The standard InChI is InChI=1S/C18H18ClFN2O/c1-11-14(21-13-7-8-13)10-15(18(20)17(11)19)22-16(23)9-12-5-3-2-4-6-12/h2-6,10,13,21H,7-9H2,1H3,(H,22,23). The predicted octanol–water partition coefficient (Wildman–Crippen LogP) is 4.54. The van der Waals surface area contributed by atoms with Crippen molar-refractivity contribution < 1.29 is 9.18 Å². The zero-order chi connectivity index (χ0) is 16.4. The van der Waals surface area contributed by atoms with E-state index in [9.17, 15) is 9.18 Å². The van der Waals surface area contributed by atoms with E-state index in [-0.39, 0.29) is 23.0 Å². The maximum absolute atomic E-state index is 14.3. The summed E-state index contributed by atoms with van der Waals surface area (Å²) in [6.07, 6.45) is 2.39. The van der Waals surface area contributed by atoms with Crippen molar-refractivity contribution in [3.05, 3.63) is 58.4 Å². The van der Waals surface area contributed by atoms with Gasteiger partial charge in [0.2, 0.25) is 5.91 Å². The van der Waals surface area contributed by atoms with Crippen molar-refractivity contribution in [1.82, 2.24) is 0 Å². The lowest BCUT2D eigenvalue weighted by molar-refractivity contribution is -0.115. The molecular weight excluding hydrogens is 315 g/mol. The second-order valence-corrected chi connectivity index (χ2v) is 6.23.